The number of anilines is 1. The number of aliphatic hydroxyl groups excluding tert-OH is 3. The zero-order valence-corrected chi connectivity index (χ0v) is 15.7. The maximum Gasteiger partial charge on any atom is 0.288 e. The maximum absolute atomic E-state index is 10.3. The van der Waals surface area contributed by atoms with Crippen molar-refractivity contribution >= 4 is 17.0 Å². The van der Waals surface area contributed by atoms with Crippen LogP contribution in [0, 0.1) is 0 Å². The Morgan fingerprint density at radius 2 is 2.00 bits per heavy atom. The molecule has 3 aromatic rings. The summed E-state index contributed by atoms with van der Waals surface area (Å²) >= 11 is 0. The van der Waals surface area contributed by atoms with Crippen LogP contribution in [0.3, 0.4) is 0 Å². The minimum atomic E-state index is -1.24. The second-order valence-corrected chi connectivity index (χ2v) is 6.39. The van der Waals surface area contributed by atoms with Crippen LogP contribution in [-0.4, -0.2) is 74.0 Å². The molecular formula is C17H21N5O7. The fourth-order valence-electron chi connectivity index (χ4n) is 3.23. The van der Waals surface area contributed by atoms with Crippen molar-refractivity contribution in [2.45, 2.75) is 31.1 Å². The lowest BCUT2D eigenvalue weighted by atomic mass is 10.1. The van der Waals surface area contributed by atoms with Crippen LogP contribution >= 0.6 is 0 Å². The molecule has 1 aliphatic rings. The summed E-state index contributed by atoms with van der Waals surface area (Å²) in [5.74, 6) is 1.79. The van der Waals surface area contributed by atoms with Crippen LogP contribution < -0.4 is 14.8 Å². The minimum Gasteiger partial charge on any atom is -0.493 e. The Kier molecular flexibility index (Phi) is 5.24. The number of ether oxygens (including phenoxy) is 3. The molecule has 0 aliphatic carbocycles. The van der Waals surface area contributed by atoms with Crippen molar-refractivity contribution in [1.29, 1.82) is 0 Å². The highest BCUT2D eigenvalue weighted by Gasteiger charge is 2.44. The van der Waals surface area contributed by atoms with Gasteiger partial charge in [0.05, 0.1) is 39.8 Å². The van der Waals surface area contributed by atoms with Gasteiger partial charge < -0.3 is 39.3 Å². The normalized spacial score (nSPS) is 24.2. The first-order valence-corrected chi connectivity index (χ1v) is 8.82. The third-order valence-corrected chi connectivity index (χ3v) is 4.74. The van der Waals surface area contributed by atoms with Gasteiger partial charge in [0.25, 0.3) is 5.95 Å². The molecule has 0 spiro atoms. The van der Waals surface area contributed by atoms with E-state index in [9.17, 15) is 15.3 Å². The van der Waals surface area contributed by atoms with Crippen molar-refractivity contribution in [3.8, 4) is 11.7 Å². The number of hydrogen-bond donors (Lipinski definition) is 4. The summed E-state index contributed by atoms with van der Waals surface area (Å²) < 4.78 is 22.9. The average molecular weight is 407 g/mol. The Labute approximate surface area is 164 Å². The van der Waals surface area contributed by atoms with E-state index in [-0.39, 0.29) is 6.54 Å². The fraction of sp³-hybridized carbons (Fsp3) is 0.471. The number of methoxy groups -OCH3 is 2. The summed E-state index contributed by atoms with van der Waals surface area (Å²) in [6.45, 7) is -0.170. The topological polar surface area (TPSA) is 157 Å². The molecule has 12 nitrogen and oxygen atoms in total. The van der Waals surface area contributed by atoms with Gasteiger partial charge in [-0.25, -0.2) is 15.0 Å². The van der Waals surface area contributed by atoms with Gasteiger partial charge in [-0.05, 0) is 0 Å². The van der Waals surface area contributed by atoms with Crippen molar-refractivity contribution in [3.63, 3.8) is 0 Å². The Balaban J connectivity index is 1.59. The quantitative estimate of drug-likeness (QED) is 0.406. The summed E-state index contributed by atoms with van der Waals surface area (Å²) in [6, 6.07) is 1.63. The largest absolute Gasteiger partial charge is 0.493 e. The Morgan fingerprint density at radius 3 is 2.69 bits per heavy atom. The van der Waals surface area contributed by atoms with Crippen molar-refractivity contribution in [2.24, 2.45) is 0 Å². The standard InChI is InChI=1S/C17H21N5O7/c1-26-8-3-11(27-2)28-9(8)4-18-15-12-16(20-6-19-15)22(7-21-12)17-14(25)13(24)10(5-23)29-17/h3,6-7,10,13-14,17,23-25H,4-5H2,1-2H3,(H,18,19,20)/t10-,13-,14+,17?/m1/s1. The third-order valence-electron chi connectivity index (χ3n) is 4.74. The molecule has 156 valence electrons. The highest BCUT2D eigenvalue weighted by molar-refractivity contribution is 5.82. The summed E-state index contributed by atoms with van der Waals surface area (Å²) in [4.78, 5) is 12.7. The highest BCUT2D eigenvalue weighted by atomic mass is 16.6. The molecule has 3 aromatic heterocycles. The Bertz CT molecular complexity index is 990. The van der Waals surface area contributed by atoms with E-state index in [1.54, 1.807) is 6.07 Å². The van der Waals surface area contributed by atoms with Crippen molar-refractivity contribution in [3.05, 3.63) is 24.5 Å². The van der Waals surface area contributed by atoms with Crippen LogP contribution in [0.2, 0.25) is 0 Å². The summed E-state index contributed by atoms with van der Waals surface area (Å²) in [7, 11) is 3.02. The zero-order valence-electron chi connectivity index (χ0n) is 15.7. The van der Waals surface area contributed by atoms with Crippen LogP contribution in [-0.2, 0) is 11.3 Å². The molecule has 0 radical (unpaired) electrons. The fourth-order valence-corrected chi connectivity index (χ4v) is 3.23. The number of furan rings is 1. The molecular weight excluding hydrogens is 386 g/mol. The van der Waals surface area contributed by atoms with Gasteiger partial charge >= 0.3 is 0 Å². The van der Waals surface area contributed by atoms with E-state index < -0.39 is 31.1 Å². The first kappa shape index (κ1) is 19.4. The molecule has 4 atom stereocenters. The lowest BCUT2D eigenvalue weighted by Crippen LogP contribution is -2.33. The van der Waals surface area contributed by atoms with Crippen LogP contribution in [0.4, 0.5) is 5.82 Å². The smallest absolute Gasteiger partial charge is 0.288 e. The number of rotatable bonds is 7. The molecule has 1 saturated heterocycles. The van der Waals surface area contributed by atoms with Crippen molar-refractivity contribution in [1.82, 2.24) is 19.5 Å². The van der Waals surface area contributed by atoms with Gasteiger partial charge in [-0.2, -0.15) is 0 Å². The summed E-state index contributed by atoms with van der Waals surface area (Å²) in [6.07, 6.45) is -1.53. The van der Waals surface area contributed by atoms with Crippen LogP contribution in [0.1, 0.15) is 12.0 Å². The van der Waals surface area contributed by atoms with Gasteiger partial charge in [-0.3, -0.25) is 4.57 Å². The van der Waals surface area contributed by atoms with E-state index in [1.165, 1.54) is 31.4 Å². The number of nitrogens with zero attached hydrogens (tertiary/aromatic N) is 4. The number of imidazole rings is 1. The molecule has 0 aromatic carbocycles. The number of fused-ring (bicyclic) bond motifs is 1. The molecule has 0 amide bonds. The Hall–Kier alpha value is -2.93. The van der Waals surface area contributed by atoms with Crippen molar-refractivity contribution < 1.29 is 33.9 Å². The monoisotopic (exact) mass is 407 g/mol. The van der Waals surface area contributed by atoms with E-state index in [2.05, 4.69) is 20.3 Å². The molecule has 1 unspecified atom stereocenters. The van der Waals surface area contributed by atoms with Gasteiger partial charge in [-0.15, -0.1) is 0 Å². The first-order valence-electron chi connectivity index (χ1n) is 8.82. The predicted octanol–water partition coefficient (Wildman–Crippen LogP) is -0.340. The van der Waals surface area contributed by atoms with Gasteiger partial charge in [-0.1, -0.05) is 0 Å². The number of nitrogens with one attached hydrogen (secondary N) is 1. The molecule has 0 saturated carbocycles. The molecule has 1 aliphatic heterocycles. The molecule has 0 bridgehead atoms. The number of aromatic nitrogens is 4. The van der Waals surface area contributed by atoms with E-state index in [0.29, 0.717) is 34.4 Å². The van der Waals surface area contributed by atoms with Crippen LogP contribution in [0.25, 0.3) is 11.2 Å². The number of aliphatic hydroxyl groups is 3. The van der Waals surface area contributed by atoms with Crippen LogP contribution in [0.5, 0.6) is 11.7 Å². The predicted molar refractivity (Wildman–Crippen MR) is 97.5 cm³/mol. The van der Waals surface area contributed by atoms with Gasteiger partial charge in [0.15, 0.2) is 34.7 Å². The average Bonchev–Trinajstić information content (AvgIpc) is 3.42. The van der Waals surface area contributed by atoms with E-state index in [4.69, 9.17) is 18.6 Å². The molecule has 29 heavy (non-hydrogen) atoms. The minimum absolute atomic E-state index is 0.249. The van der Waals surface area contributed by atoms with Gasteiger partial charge in [0.1, 0.15) is 24.6 Å². The SMILES string of the molecule is COc1cc(OC)c(CNc2ncnc3c2ncn3C2O[C@H](CO)[C@@H](O)[C@@H]2O)o1. The number of hydrogen-bond acceptors (Lipinski definition) is 11. The first-order chi connectivity index (χ1) is 14.1. The molecule has 4 heterocycles. The van der Waals surface area contributed by atoms with E-state index in [1.807, 2.05) is 0 Å². The molecule has 1 fully saturated rings. The van der Waals surface area contributed by atoms with Gasteiger partial charge in [0, 0.05) is 0 Å². The highest BCUT2D eigenvalue weighted by Crippen LogP contribution is 2.33. The third kappa shape index (κ3) is 3.35. The molecule has 4 N–H and O–H groups in total. The second-order valence-electron chi connectivity index (χ2n) is 6.39. The lowest BCUT2D eigenvalue weighted by Gasteiger charge is -2.16. The second kappa shape index (κ2) is 7.83. The van der Waals surface area contributed by atoms with Crippen molar-refractivity contribution in [2.75, 3.05) is 26.1 Å². The van der Waals surface area contributed by atoms with E-state index in [0.717, 1.165) is 0 Å². The molecule has 12 heteroatoms. The van der Waals surface area contributed by atoms with Gasteiger partial charge in [0.2, 0.25) is 0 Å². The maximum atomic E-state index is 10.3. The summed E-state index contributed by atoms with van der Waals surface area (Å²) in [5, 5.41) is 32.6. The van der Waals surface area contributed by atoms with Crippen LogP contribution in [0.15, 0.2) is 23.1 Å². The zero-order chi connectivity index (χ0) is 20.5. The Morgan fingerprint density at radius 1 is 1.17 bits per heavy atom. The summed E-state index contributed by atoms with van der Waals surface area (Å²) in [5.41, 5.74) is 0.823. The lowest BCUT2D eigenvalue weighted by molar-refractivity contribution is -0.0511. The molecule has 4 rings (SSSR count). The van der Waals surface area contributed by atoms with E-state index >= 15 is 0 Å².